The number of ether oxygens (including phenoxy) is 2. The summed E-state index contributed by atoms with van der Waals surface area (Å²) in [5.41, 5.74) is 1.54. The smallest absolute Gasteiger partial charge is 0.227 e. The van der Waals surface area contributed by atoms with Gasteiger partial charge in [-0.1, -0.05) is 13.8 Å². The number of furan rings is 1. The molecule has 1 unspecified atom stereocenters. The summed E-state index contributed by atoms with van der Waals surface area (Å²) in [6, 6.07) is 5.84. The Kier molecular flexibility index (Phi) is 6.71. The lowest BCUT2D eigenvalue weighted by atomic mass is 10.1. The van der Waals surface area contributed by atoms with Crippen LogP contribution in [0, 0.1) is 0 Å². The van der Waals surface area contributed by atoms with Crippen LogP contribution in [-0.2, 0) is 16.0 Å². The molecule has 1 saturated heterocycles. The van der Waals surface area contributed by atoms with Gasteiger partial charge in [-0.3, -0.25) is 4.79 Å². The number of benzene rings is 1. The molecule has 148 valence electrons. The van der Waals surface area contributed by atoms with E-state index < -0.39 is 6.10 Å². The largest absolute Gasteiger partial charge is 0.491 e. The Morgan fingerprint density at radius 3 is 2.85 bits per heavy atom. The van der Waals surface area contributed by atoms with Crippen LogP contribution >= 0.6 is 0 Å². The third-order valence-electron chi connectivity index (χ3n) is 4.54. The number of nitrogens with zero attached hydrogens (tertiary/aromatic N) is 1. The van der Waals surface area contributed by atoms with Crippen molar-refractivity contribution >= 4 is 16.9 Å². The summed E-state index contributed by atoms with van der Waals surface area (Å²) < 4.78 is 16.6. The lowest BCUT2D eigenvalue weighted by Crippen LogP contribution is -2.41. The van der Waals surface area contributed by atoms with Crippen LogP contribution in [-0.4, -0.2) is 67.5 Å². The van der Waals surface area contributed by atoms with Crippen LogP contribution in [0.4, 0.5) is 0 Å². The fourth-order valence-electron chi connectivity index (χ4n) is 3.00. The number of amides is 1. The minimum atomic E-state index is -0.582. The fraction of sp³-hybridized carbons (Fsp3) is 0.550. The number of carbonyl (C=O) groups is 1. The van der Waals surface area contributed by atoms with Gasteiger partial charge in [-0.25, -0.2) is 0 Å². The van der Waals surface area contributed by atoms with E-state index >= 15 is 0 Å². The summed E-state index contributed by atoms with van der Waals surface area (Å²) in [5.74, 6) is 0.716. The van der Waals surface area contributed by atoms with Gasteiger partial charge in [-0.2, -0.15) is 0 Å². The highest BCUT2D eigenvalue weighted by Gasteiger charge is 2.19. The lowest BCUT2D eigenvalue weighted by molar-refractivity contribution is -0.134. The Morgan fingerprint density at radius 2 is 2.11 bits per heavy atom. The molecule has 1 aliphatic heterocycles. The van der Waals surface area contributed by atoms with E-state index in [0.29, 0.717) is 56.6 Å². The summed E-state index contributed by atoms with van der Waals surface area (Å²) in [4.78, 5) is 14.3. The molecule has 1 amide bonds. The first-order valence-electron chi connectivity index (χ1n) is 9.43. The molecule has 1 fully saturated rings. The van der Waals surface area contributed by atoms with Crippen molar-refractivity contribution in [3.63, 3.8) is 0 Å². The number of nitrogens with one attached hydrogen (secondary N) is 1. The van der Waals surface area contributed by atoms with Gasteiger partial charge in [0.05, 0.1) is 25.9 Å². The van der Waals surface area contributed by atoms with Crippen molar-refractivity contribution in [2.24, 2.45) is 0 Å². The first-order chi connectivity index (χ1) is 13.0. The summed E-state index contributed by atoms with van der Waals surface area (Å²) in [6.45, 7) is 7.21. The molecule has 1 aromatic heterocycles. The Morgan fingerprint density at radius 1 is 1.33 bits per heavy atom. The van der Waals surface area contributed by atoms with Crippen molar-refractivity contribution in [2.75, 3.05) is 39.5 Å². The van der Waals surface area contributed by atoms with Gasteiger partial charge in [0, 0.05) is 42.7 Å². The number of morpholine rings is 1. The molecule has 2 N–H and O–H groups in total. The zero-order chi connectivity index (χ0) is 19.2. The molecule has 0 aliphatic carbocycles. The molecule has 1 aliphatic rings. The topological polar surface area (TPSA) is 84.2 Å². The summed E-state index contributed by atoms with van der Waals surface area (Å²) >= 11 is 0. The van der Waals surface area contributed by atoms with Gasteiger partial charge in [-0.05, 0) is 12.1 Å². The van der Waals surface area contributed by atoms with Gasteiger partial charge < -0.3 is 29.2 Å². The second-order valence-corrected chi connectivity index (χ2v) is 7.12. The quantitative estimate of drug-likeness (QED) is 0.728. The fourth-order valence-corrected chi connectivity index (χ4v) is 3.00. The van der Waals surface area contributed by atoms with Crippen LogP contribution in [0.1, 0.15) is 19.4 Å². The average Bonchev–Trinajstić information content (AvgIpc) is 3.07. The Labute approximate surface area is 159 Å². The van der Waals surface area contributed by atoms with Crippen molar-refractivity contribution in [3.05, 3.63) is 30.0 Å². The van der Waals surface area contributed by atoms with E-state index in [1.54, 1.807) is 12.3 Å². The third-order valence-corrected chi connectivity index (χ3v) is 4.54. The minimum absolute atomic E-state index is 0.0853. The summed E-state index contributed by atoms with van der Waals surface area (Å²) in [7, 11) is 0. The molecule has 1 atom stereocenters. The Hall–Kier alpha value is -2.09. The summed E-state index contributed by atoms with van der Waals surface area (Å²) in [6.07, 6.45) is 1.36. The first kappa shape index (κ1) is 19.7. The molecule has 0 spiro atoms. The molecule has 2 aromatic rings. The highest BCUT2D eigenvalue weighted by Crippen LogP contribution is 2.26. The van der Waals surface area contributed by atoms with E-state index in [0.717, 1.165) is 10.9 Å². The third kappa shape index (κ3) is 5.45. The molecule has 1 aromatic carbocycles. The van der Waals surface area contributed by atoms with Gasteiger partial charge in [0.2, 0.25) is 5.91 Å². The van der Waals surface area contributed by atoms with E-state index in [1.807, 2.05) is 30.9 Å². The van der Waals surface area contributed by atoms with Gasteiger partial charge in [0.15, 0.2) is 0 Å². The molecule has 7 nitrogen and oxygen atoms in total. The zero-order valence-corrected chi connectivity index (χ0v) is 15.9. The maximum atomic E-state index is 12.4. The predicted octanol–water partition coefficient (Wildman–Crippen LogP) is 1.57. The van der Waals surface area contributed by atoms with Crippen LogP contribution < -0.4 is 10.1 Å². The first-order valence-corrected chi connectivity index (χ1v) is 9.43. The van der Waals surface area contributed by atoms with E-state index in [1.165, 1.54) is 0 Å². The molecule has 2 heterocycles. The number of aliphatic hydroxyl groups is 1. The molecule has 0 bridgehead atoms. The lowest BCUT2D eigenvalue weighted by Gasteiger charge is -2.26. The minimum Gasteiger partial charge on any atom is -0.491 e. The van der Waals surface area contributed by atoms with E-state index in [9.17, 15) is 9.90 Å². The van der Waals surface area contributed by atoms with Gasteiger partial charge >= 0.3 is 0 Å². The Bertz CT molecular complexity index is 752. The van der Waals surface area contributed by atoms with Crippen molar-refractivity contribution in [3.8, 4) is 5.75 Å². The van der Waals surface area contributed by atoms with E-state index in [4.69, 9.17) is 13.9 Å². The SMILES string of the molecule is CC(C)NCC(O)COc1ccc2c(CC(=O)N3CCOCC3)coc2c1. The van der Waals surface area contributed by atoms with Crippen molar-refractivity contribution in [2.45, 2.75) is 32.4 Å². The molecule has 7 heteroatoms. The second-order valence-electron chi connectivity index (χ2n) is 7.12. The maximum absolute atomic E-state index is 12.4. The predicted molar refractivity (Wildman–Crippen MR) is 102 cm³/mol. The van der Waals surface area contributed by atoms with E-state index in [2.05, 4.69) is 5.32 Å². The number of hydrogen-bond acceptors (Lipinski definition) is 6. The maximum Gasteiger partial charge on any atom is 0.227 e. The van der Waals surface area contributed by atoms with Gasteiger partial charge in [0.25, 0.3) is 0 Å². The summed E-state index contributed by atoms with van der Waals surface area (Å²) in [5, 5.41) is 14.0. The number of aliphatic hydroxyl groups excluding tert-OH is 1. The molecule has 3 rings (SSSR count). The van der Waals surface area contributed by atoms with E-state index in [-0.39, 0.29) is 12.5 Å². The molecular weight excluding hydrogens is 348 g/mol. The standard InChI is InChI=1S/C20H28N2O5/c1-14(2)21-11-16(23)13-26-17-3-4-18-15(12-27-19(18)10-17)9-20(24)22-5-7-25-8-6-22/h3-4,10,12,14,16,21,23H,5-9,11,13H2,1-2H3. The molecule has 0 radical (unpaired) electrons. The normalized spacial score (nSPS) is 16.1. The van der Waals surface area contributed by atoms with Crippen LogP contribution in [0.3, 0.4) is 0 Å². The van der Waals surface area contributed by atoms with Crippen molar-refractivity contribution in [1.82, 2.24) is 10.2 Å². The van der Waals surface area contributed by atoms with Crippen LogP contribution in [0.5, 0.6) is 5.75 Å². The highest BCUT2D eigenvalue weighted by atomic mass is 16.5. The Balaban J connectivity index is 1.58. The van der Waals surface area contributed by atoms with Crippen LogP contribution in [0.15, 0.2) is 28.9 Å². The van der Waals surface area contributed by atoms with Crippen LogP contribution in [0.2, 0.25) is 0 Å². The van der Waals surface area contributed by atoms with Crippen molar-refractivity contribution in [1.29, 1.82) is 0 Å². The number of hydrogen-bond donors (Lipinski definition) is 2. The number of rotatable bonds is 8. The van der Waals surface area contributed by atoms with Gasteiger partial charge in [-0.15, -0.1) is 0 Å². The second kappa shape index (κ2) is 9.21. The van der Waals surface area contributed by atoms with Gasteiger partial charge in [0.1, 0.15) is 24.0 Å². The number of carbonyl (C=O) groups excluding carboxylic acids is 1. The van der Waals surface area contributed by atoms with Crippen LogP contribution in [0.25, 0.3) is 11.0 Å². The highest BCUT2D eigenvalue weighted by molar-refractivity contribution is 5.88. The number of fused-ring (bicyclic) bond motifs is 1. The average molecular weight is 376 g/mol. The zero-order valence-electron chi connectivity index (χ0n) is 15.9. The molecule has 0 saturated carbocycles. The van der Waals surface area contributed by atoms with Crippen molar-refractivity contribution < 1.29 is 23.8 Å². The monoisotopic (exact) mass is 376 g/mol. The molecular formula is C20H28N2O5. The molecule has 27 heavy (non-hydrogen) atoms.